The molecular formula is C17H27IO. The van der Waals surface area contributed by atoms with E-state index in [0.29, 0.717) is 15.8 Å². The monoisotopic (exact) mass is 374 g/mol. The lowest BCUT2D eigenvalue weighted by atomic mass is 9.85. The molecule has 0 amide bonds. The molecule has 0 aromatic heterocycles. The third kappa shape index (κ3) is 6.15. The zero-order valence-corrected chi connectivity index (χ0v) is 15.2. The van der Waals surface area contributed by atoms with Gasteiger partial charge in [-0.3, -0.25) is 0 Å². The second-order valence-corrected chi connectivity index (χ2v) is 8.78. The summed E-state index contributed by atoms with van der Waals surface area (Å²) < 4.78 is 6.58. The van der Waals surface area contributed by atoms with Crippen molar-refractivity contribution in [1.82, 2.24) is 0 Å². The van der Waals surface area contributed by atoms with Crippen molar-refractivity contribution in [3.8, 4) is 5.75 Å². The van der Waals surface area contributed by atoms with Crippen molar-refractivity contribution >= 4 is 22.6 Å². The first-order valence-corrected chi connectivity index (χ1v) is 8.36. The Morgan fingerprint density at radius 3 is 1.95 bits per heavy atom. The molecule has 1 aromatic carbocycles. The lowest BCUT2D eigenvalue weighted by Gasteiger charge is -2.24. The van der Waals surface area contributed by atoms with Crippen molar-refractivity contribution in [1.29, 1.82) is 0 Å². The molecule has 0 heterocycles. The van der Waals surface area contributed by atoms with Crippen LogP contribution >= 0.6 is 22.6 Å². The van der Waals surface area contributed by atoms with E-state index in [1.807, 2.05) is 0 Å². The van der Waals surface area contributed by atoms with Crippen molar-refractivity contribution in [2.75, 3.05) is 0 Å². The van der Waals surface area contributed by atoms with Gasteiger partial charge in [0.05, 0.1) is 0 Å². The van der Waals surface area contributed by atoms with Gasteiger partial charge in [-0.15, -0.1) is 0 Å². The van der Waals surface area contributed by atoms with E-state index in [1.165, 1.54) is 12.0 Å². The number of benzene rings is 1. The molecule has 0 fully saturated rings. The highest BCUT2D eigenvalue weighted by Crippen LogP contribution is 2.32. The van der Waals surface area contributed by atoms with Gasteiger partial charge in [-0.2, -0.15) is 0 Å². The van der Waals surface area contributed by atoms with E-state index in [1.54, 1.807) is 0 Å². The molecule has 19 heavy (non-hydrogen) atoms. The van der Waals surface area contributed by atoms with Gasteiger partial charge in [-0.25, -0.2) is 0 Å². The van der Waals surface area contributed by atoms with Crippen LogP contribution in [0.25, 0.3) is 0 Å². The van der Waals surface area contributed by atoms with Gasteiger partial charge in [-0.1, -0.05) is 55.5 Å². The Morgan fingerprint density at radius 1 is 1.05 bits per heavy atom. The van der Waals surface area contributed by atoms with Crippen LogP contribution in [-0.4, -0.2) is 9.53 Å². The van der Waals surface area contributed by atoms with E-state index >= 15 is 0 Å². The Hall–Kier alpha value is -0.250. The first-order chi connectivity index (χ1) is 8.69. The van der Waals surface area contributed by atoms with E-state index in [9.17, 15) is 0 Å². The molecule has 1 rings (SSSR count). The molecule has 0 aliphatic carbocycles. The topological polar surface area (TPSA) is 9.23 Å². The fraction of sp³-hybridized carbons (Fsp3) is 0.647. The molecule has 0 spiro atoms. The van der Waals surface area contributed by atoms with E-state index in [-0.39, 0.29) is 5.60 Å². The fourth-order valence-electron chi connectivity index (χ4n) is 2.28. The minimum absolute atomic E-state index is 0.129. The molecule has 1 nitrogen and oxygen atoms in total. The zero-order valence-electron chi connectivity index (χ0n) is 13.0. The maximum absolute atomic E-state index is 5.88. The molecule has 0 radical (unpaired) electrons. The van der Waals surface area contributed by atoms with Crippen LogP contribution in [0.4, 0.5) is 0 Å². The van der Waals surface area contributed by atoms with Crippen LogP contribution in [0.1, 0.15) is 59.4 Å². The first-order valence-electron chi connectivity index (χ1n) is 7.12. The summed E-state index contributed by atoms with van der Waals surface area (Å²) >= 11 is 2.52. The normalized spacial score (nSPS) is 15.4. The number of rotatable bonds is 5. The predicted octanol–water partition coefficient (Wildman–Crippen LogP) is 5.82. The Morgan fingerprint density at radius 2 is 1.58 bits per heavy atom. The van der Waals surface area contributed by atoms with E-state index in [2.05, 4.69) is 88.4 Å². The SMILES string of the molecule is CC(I)CC(c1ccc(OC(C)(C)C)cc1)C(C)C. The van der Waals surface area contributed by atoms with Crippen molar-refractivity contribution in [3.05, 3.63) is 29.8 Å². The van der Waals surface area contributed by atoms with Crippen molar-refractivity contribution < 1.29 is 4.74 Å². The summed E-state index contributed by atoms with van der Waals surface area (Å²) in [6, 6.07) is 8.66. The van der Waals surface area contributed by atoms with Crippen molar-refractivity contribution in [3.63, 3.8) is 0 Å². The third-order valence-electron chi connectivity index (χ3n) is 3.12. The largest absolute Gasteiger partial charge is 0.488 e. The van der Waals surface area contributed by atoms with E-state index in [0.717, 1.165) is 5.75 Å². The average Bonchev–Trinajstić information content (AvgIpc) is 2.24. The molecule has 108 valence electrons. The Bertz CT molecular complexity index is 373. The van der Waals surface area contributed by atoms with Gasteiger partial charge in [0.25, 0.3) is 0 Å². The molecule has 0 bridgehead atoms. The van der Waals surface area contributed by atoms with Crippen molar-refractivity contribution in [2.24, 2.45) is 5.92 Å². The first kappa shape index (κ1) is 16.8. The van der Waals surface area contributed by atoms with Gasteiger partial charge in [-0.05, 0) is 56.7 Å². The predicted molar refractivity (Wildman–Crippen MR) is 92.5 cm³/mol. The molecule has 2 unspecified atom stereocenters. The second-order valence-electron chi connectivity index (χ2n) is 6.65. The number of alkyl halides is 1. The van der Waals surface area contributed by atoms with Crippen molar-refractivity contribution in [2.45, 2.75) is 63.4 Å². The summed E-state index contributed by atoms with van der Waals surface area (Å²) in [4.78, 5) is 0. The third-order valence-corrected chi connectivity index (χ3v) is 3.62. The van der Waals surface area contributed by atoms with Crippen LogP contribution < -0.4 is 4.74 Å². The Labute approximate surface area is 132 Å². The van der Waals surface area contributed by atoms with Gasteiger partial charge in [0.15, 0.2) is 0 Å². The molecule has 2 heteroatoms. The van der Waals surface area contributed by atoms with Crippen LogP contribution in [0, 0.1) is 5.92 Å². The number of halogens is 1. The van der Waals surface area contributed by atoms with Crippen LogP contribution in [0.3, 0.4) is 0 Å². The highest BCUT2D eigenvalue weighted by atomic mass is 127. The molecule has 0 aliphatic heterocycles. The number of hydrogen-bond donors (Lipinski definition) is 0. The molecule has 0 aliphatic rings. The summed E-state index contributed by atoms with van der Waals surface area (Å²) in [5, 5.41) is 0. The maximum Gasteiger partial charge on any atom is 0.120 e. The molecule has 0 saturated carbocycles. The standard InChI is InChI=1S/C17H27IO/c1-12(2)16(11-13(3)18)14-7-9-15(10-8-14)19-17(4,5)6/h7-10,12-13,16H,11H2,1-6H3. The molecular weight excluding hydrogens is 347 g/mol. The summed E-state index contributed by atoms with van der Waals surface area (Å²) in [5.74, 6) is 2.27. The van der Waals surface area contributed by atoms with Gasteiger partial charge < -0.3 is 4.74 Å². The van der Waals surface area contributed by atoms with Crippen LogP contribution in [0.15, 0.2) is 24.3 Å². The summed E-state index contributed by atoms with van der Waals surface area (Å²) in [6.45, 7) is 13.1. The number of ether oxygens (including phenoxy) is 1. The van der Waals surface area contributed by atoms with Gasteiger partial charge in [0.2, 0.25) is 0 Å². The highest BCUT2D eigenvalue weighted by molar-refractivity contribution is 14.1. The van der Waals surface area contributed by atoms with Crippen LogP contribution in [0.2, 0.25) is 0 Å². The lowest BCUT2D eigenvalue weighted by molar-refractivity contribution is 0.131. The second kappa shape index (κ2) is 6.96. The minimum Gasteiger partial charge on any atom is -0.488 e. The summed E-state index contributed by atoms with van der Waals surface area (Å²) in [5.41, 5.74) is 1.30. The number of hydrogen-bond acceptors (Lipinski definition) is 1. The summed E-state index contributed by atoms with van der Waals surface area (Å²) in [7, 11) is 0. The molecule has 0 N–H and O–H groups in total. The molecule has 1 aromatic rings. The quantitative estimate of drug-likeness (QED) is 0.466. The summed E-state index contributed by atoms with van der Waals surface area (Å²) in [6.07, 6.45) is 1.23. The van der Waals surface area contributed by atoms with Crippen LogP contribution in [-0.2, 0) is 0 Å². The van der Waals surface area contributed by atoms with Gasteiger partial charge in [0.1, 0.15) is 11.4 Å². The van der Waals surface area contributed by atoms with E-state index in [4.69, 9.17) is 4.74 Å². The fourth-order valence-corrected chi connectivity index (χ4v) is 2.83. The molecule has 0 saturated heterocycles. The van der Waals surface area contributed by atoms with Gasteiger partial charge >= 0.3 is 0 Å². The van der Waals surface area contributed by atoms with E-state index < -0.39 is 0 Å². The smallest absolute Gasteiger partial charge is 0.120 e. The Kier molecular flexibility index (Phi) is 6.15. The minimum atomic E-state index is -0.129. The average molecular weight is 374 g/mol. The highest BCUT2D eigenvalue weighted by Gasteiger charge is 2.18. The maximum atomic E-state index is 5.88. The Balaban J connectivity index is 2.83. The lowest BCUT2D eigenvalue weighted by Crippen LogP contribution is -2.22. The van der Waals surface area contributed by atoms with Gasteiger partial charge in [0, 0.05) is 3.92 Å². The molecule has 2 atom stereocenters. The zero-order chi connectivity index (χ0) is 14.6. The van der Waals surface area contributed by atoms with Crippen LogP contribution in [0.5, 0.6) is 5.75 Å².